The number of nitrogens with zero attached hydrogens (tertiary/aromatic N) is 1. The number of rotatable bonds is 9. The van der Waals surface area contributed by atoms with Crippen LogP contribution in [-0.4, -0.2) is 50.3 Å². The second-order valence-electron chi connectivity index (χ2n) is 6.18. The maximum absolute atomic E-state index is 5.70. The van der Waals surface area contributed by atoms with Gasteiger partial charge in [-0.2, -0.15) is 0 Å². The lowest BCUT2D eigenvalue weighted by Gasteiger charge is -2.34. The van der Waals surface area contributed by atoms with Crippen LogP contribution in [0.5, 0.6) is 0 Å². The Hall–Kier alpha value is -0.120. The van der Waals surface area contributed by atoms with Crippen LogP contribution in [0.4, 0.5) is 0 Å². The van der Waals surface area contributed by atoms with E-state index >= 15 is 0 Å². The van der Waals surface area contributed by atoms with Crippen molar-refractivity contribution in [2.75, 3.05) is 39.4 Å². The first-order valence-corrected chi connectivity index (χ1v) is 7.81. The normalized spacial score (nSPS) is 28.2. The highest BCUT2D eigenvalue weighted by molar-refractivity contribution is 4.91. The van der Waals surface area contributed by atoms with Gasteiger partial charge in [-0.3, -0.25) is 0 Å². The molecule has 106 valence electrons. The van der Waals surface area contributed by atoms with Crippen LogP contribution in [-0.2, 0) is 4.74 Å². The van der Waals surface area contributed by atoms with E-state index in [0.29, 0.717) is 5.41 Å². The molecular formula is C15H30N2O. The fourth-order valence-electron chi connectivity index (χ4n) is 2.82. The average molecular weight is 254 g/mol. The molecule has 0 aromatic rings. The second kappa shape index (κ2) is 6.88. The van der Waals surface area contributed by atoms with Gasteiger partial charge < -0.3 is 15.0 Å². The van der Waals surface area contributed by atoms with E-state index < -0.39 is 0 Å². The highest BCUT2D eigenvalue weighted by Crippen LogP contribution is 2.31. The minimum atomic E-state index is 0.381. The van der Waals surface area contributed by atoms with Gasteiger partial charge in [0.05, 0.1) is 6.61 Å². The molecule has 18 heavy (non-hydrogen) atoms. The number of unbranched alkanes of at least 4 members (excludes halogenated alkanes) is 1. The predicted molar refractivity (Wildman–Crippen MR) is 75.9 cm³/mol. The van der Waals surface area contributed by atoms with Gasteiger partial charge in [-0.25, -0.2) is 0 Å². The molecule has 1 saturated carbocycles. The summed E-state index contributed by atoms with van der Waals surface area (Å²) in [6.07, 6.45) is 6.60. The molecule has 0 amide bonds. The average Bonchev–Trinajstić information content (AvgIpc) is 3.12. The fraction of sp³-hybridized carbons (Fsp3) is 1.00. The molecule has 2 aliphatic rings. The van der Waals surface area contributed by atoms with Crippen LogP contribution in [0.15, 0.2) is 0 Å². The standard InChI is InChI=1S/C15H30N2O/c1-3-5-9-17(4-2)12-15(8-10-18-13-15)11-16-14-6-7-14/h14,16H,3-13H2,1-2H3. The van der Waals surface area contributed by atoms with Crippen LogP contribution in [0.3, 0.4) is 0 Å². The molecule has 0 spiro atoms. The van der Waals surface area contributed by atoms with E-state index in [-0.39, 0.29) is 0 Å². The summed E-state index contributed by atoms with van der Waals surface area (Å²) in [4.78, 5) is 2.62. The van der Waals surface area contributed by atoms with E-state index in [4.69, 9.17) is 4.74 Å². The smallest absolute Gasteiger partial charge is 0.0547 e. The Balaban J connectivity index is 1.82. The topological polar surface area (TPSA) is 24.5 Å². The molecule has 0 radical (unpaired) electrons. The Labute approximate surface area is 112 Å². The summed E-state index contributed by atoms with van der Waals surface area (Å²) in [5.74, 6) is 0. The summed E-state index contributed by atoms with van der Waals surface area (Å²) in [6, 6.07) is 0.813. The zero-order valence-corrected chi connectivity index (χ0v) is 12.2. The fourth-order valence-corrected chi connectivity index (χ4v) is 2.82. The first kappa shape index (κ1) is 14.3. The molecule has 1 aliphatic carbocycles. The third-order valence-electron chi connectivity index (χ3n) is 4.36. The van der Waals surface area contributed by atoms with E-state index in [9.17, 15) is 0 Å². The lowest BCUT2D eigenvalue weighted by atomic mass is 9.86. The van der Waals surface area contributed by atoms with Gasteiger partial charge in [0.15, 0.2) is 0 Å². The van der Waals surface area contributed by atoms with E-state index in [0.717, 1.165) is 25.8 Å². The number of hydrogen-bond donors (Lipinski definition) is 1. The first-order valence-electron chi connectivity index (χ1n) is 7.81. The Bertz CT molecular complexity index is 235. The Kier molecular flexibility index (Phi) is 5.46. The van der Waals surface area contributed by atoms with Crippen molar-refractivity contribution in [3.8, 4) is 0 Å². The van der Waals surface area contributed by atoms with Crippen LogP contribution >= 0.6 is 0 Å². The summed E-state index contributed by atoms with van der Waals surface area (Å²) >= 11 is 0. The number of hydrogen-bond acceptors (Lipinski definition) is 3. The van der Waals surface area contributed by atoms with Crippen molar-refractivity contribution in [1.82, 2.24) is 10.2 Å². The van der Waals surface area contributed by atoms with Gasteiger partial charge in [-0.15, -0.1) is 0 Å². The highest BCUT2D eigenvalue weighted by atomic mass is 16.5. The van der Waals surface area contributed by atoms with Crippen molar-refractivity contribution in [2.45, 2.75) is 52.0 Å². The predicted octanol–water partition coefficient (Wildman–Crippen LogP) is 2.27. The zero-order valence-electron chi connectivity index (χ0n) is 12.2. The molecule has 2 fully saturated rings. The van der Waals surface area contributed by atoms with Gasteiger partial charge in [0.2, 0.25) is 0 Å². The molecule has 2 rings (SSSR count). The monoisotopic (exact) mass is 254 g/mol. The van der Waals surface area contributed by atoms with Crippen molar-refractivity contribution in [1.29, 1.82) is 0 Å². The van der Waals surface area contributed by atoms with Crippen molar-refractivity contribution in [2.24, 2.45) is 5.41 Å². The van der Waals surface area contributed by atoms with Crippen LogP contribution in [0, 0.1) is 5.41 Å². The molecule has 0 aromatic heterocycles. The van der Waals surface area contributed by atoms with Crippen molar-refractivity contribution < 1.29 is 4.74 Å². The molecule has 1 unspecified atom stereocenters. The summed E-state index contributed by atoms with van der Waals surface area (Å²) < 4.78 is 5.70. The van der Waals surface area contributed by atoms with Gasteiger partial charge >= 0.3 is 0 Å². The minimum absolute atomic E-state index is 0.381. The molecule has 3 heteroatoms. The molecule has 3 nitrogen and oxygen atoms in total. The van der Waals surface area contributed by atoms with E-state index in [1.54, 1.807) is 0 Å². The minimum Gasteiger partial charge on any atom is -0.381 e. The first-order chi connectivity index (χ1) is 8.78. The van der Waals surface area contributed by atoms with Crippen LogP contribution in [0.1, 0.15) is 46.0 Å². The lowest BCUT2D eigenvalue weighted by molar-refractivity contribution is 0.109. The van der Waals surface area contributed by atoms with Crippen molar-refractivity contribution in [3.63, 3.8) is 0 Å². The molecule has 1 saturated heterocycles. The van der Waals surface area contributed by atoms with Gasteiger partial charge in [-0.1, -0.05) is 20.3 Å². The van der Waals surface area contributed by atoms with Crippen LogP contribution in [0.2, 0.25) is 0 Å². The lowest BCUT2D eigenvalue weighted by Crippen LogP contribution is -2.45. The van der Waals surface area contributed by atoms with Crippen molar-refractivity contribution in [3.05, 3.63) is 0 Å². The molecule has 1 aliphatic heterocycles. The molecule has 0 aromatic carbocycles. The quantitative estimate of drug-likeness (QED) is 0.683. The number of nitrogens with one attached hydrogen (secondary N) is 1. The third-order valence-corrected chi connectivity index (χ3v) is 4.36. The van der Waals surface area contributed by atoms with Gasteiger partial charge in [0.25, 0.3) is 0 Å². The van der Waals surface area contributed by atoms with E-state index in [1.165, 1.54) is 51.7 Å². The number of ether oxygens (including phenoxy) is 1. The second-order valence-corrected chi connectivity index (χ2v) is 6.18. The van der Waals surface area contributed by atoms with Crippen LogP contribution < -0.4 is 5.32 Å². The summed E-state index contributed by atoms with van der Waals surface area (Å²) in [5, 5.41) is 3.72. The van der Waals surface area contributed by atoms with Crippen molar-refractivity contribution >= 4 is 0 Å². The molecular weight excluding hydrogens is 224 g/mol. The molecule has 0 bridgehead atoms. The van der Waals surface area contributed by atoms with E-state index in [1.807, 2.05) is 0 Å². The van der Waals surface area contributed by atoms with Gasteiger partial charge in [0.1, 0.15) is 0 Å². The zero-order chi connectivity index (χ0) is 12.8. The van der Waals surface area contributed by atoms with Gasteiger partial charge in [-0.05, 0) is 38.8 Å². The molecule has 1 atom stereocenters. The van der Waals surface area contributed by atoms with Crippen LogP contribution in [0.25, 0.3) is 0 Å². The maximum atomic E-state index is 5.70. The highest BCUT2D eigenvalue weighted by Gasteiger charge is 2.37. The third kappa shape index (κ3) is 4.22. The Morgan fingerprint density at radius 1 is 1.33 bits per heavy atom. The summed E-state index contributed by atoms with van der Waals surface area (Å²) in [7, 11) is 0. The Morgan fingerprint density at radius 3 is 2.72 bits per heavy atom. The molecule has 1 heterocycles. The summed E-state index contributed by atoms with van der Waals surface area (Å²) in [5.41, 5.74) is 0.381. The Morgan fingerprint density at radius 2 is 2.17 bits per heavy atom. The van der Waals surface area contributed by atoms with E-state index in [2.05, 4.69) is 24.1 Å². The maximum Gasteiger partial charge on any atom is 0.0547 e. The van der Waals surface area contributed by atoms with Gasteiger partial charge in [0, 0.05) is 31.2 Å². The largest absolute Gasteiger partial charge is 0.381 e. The summed E-state index contributed by atoms with van der Waals surface area (Å²) in [6.45, 7) is 11.3. The SMILES string of the molecule is CCCCN(CC)CC1(CNC2CC2)CCOC1. The molecule has 1 N–H and O–H groups in total.